The van der Waals surface area contributed by atoms with Gasteiger partial charge in [-0.1, -0.05) is 42.0 Å². The second kappa shape index (κ2) is 5.35. The molecule has 2 aromatic carbocycles. The number of amidine groups is 1. The second-order valence-electron chi connectivity index (χ2n) is 7.69. The van der Waals surface area contributed by atoms with Gasteiger partial charge in [-0.15, -0.1) is 0 Å². The zero-order valence-corrected chi connectivity index (χ0v) is 15.1. The Labute approximate surface area is 150 Å². The average molecular weight is 329 g/mol. The lowest BCUT2D eigenvalue weighted by Gasteiger charge is -2.36. The Hall–Kier alpha value is -2.29. The summed E-state index contributed by atoms with van der Waals surface area (Å²) in [4.78, 5) is 2.32. The maximum atomic E-state index is 4.93. The Balaban J connectivity index is 1.52. The molecule has 0 N–H and O–H groups in total. The van der Waals surface area contributed by atoms with E-state index in [0.29, 0.717) is 12.0 Å². The number of hydrogen-bond donors (Lipinski definition) is 0. The number of anilines is 1. The minimum absolute atomic E-state index is 0.403. The zero-order chi connectivity index (χ0) is 17.1. The van der Waals surface area contributed by atoms with Crippen molar-refractivity contribution in [1.29, 1.82) is 0 Å². The van der Waals surface area contributed by atoms with Crippen molar-refractivity contribution in [3.05, 3.63) is 70.9 Å². The van der Waals surface area contributed by atoms with Gasteiger partial charge in [0.1, 0.15) is 5.84 Å². The molecule has 0 unspecified atom stereocenters. The van der Waals surface area contributed by atoms with Crippen molar-refractivity contribution in [1.82, 2.24) is 4.90 Å². The van der Waals surface area contributed by atoms with Gasteiger partial charge in [-0.2, -0.15) is 5.10 Å². The Morgan fingerprint density at radius 3 is 2.64 bits per heavy atom. The van der Waals surface area contributed by atoms with Crippen molar-refractivity contribution >= 4 is 11.5 Å². The molecule has 1 fully saturated rings. The molecule has 3 heteroatoms. The van der Waals surface area contributed by atoms with Crippen LogP contribution in [0.2, 0.25) is 0 Å². The van der Waals surface area contributed by atoms with Gasteiger partial charge in [0, 0.05) is 6.42 Å². The van der Waals surface area contributed by atoms with E-state index in [2.05, 4.69) is 68.7 Å². The minimum atomic E-state index is 0.403. The summed E-state index contributed by atoms with van der Waals surface area (Å²) in [6.07, 6.45) is 3.45. The number of hydrazone groups is 1. The van der Waals surface area contributed by atoms with E-state index < -0.39 is 0 Å². The maximum Gasteiger partial charge on any atom is 0.233 e. The lowest BCUT2D eigenvalue weighted by atomic mass is 9.89. The van der Waals surface area contributed by atoms with Crippen LogP contribution in [0.3, 0.4) is 0 Å². The molecule has 2 heterocycles. The number of piperidine rings is 1. The quantitative estimate of drug-likeness (QED) is 0.752. The number of aryl methyl sites for hydroxylation is 3. The summed E-state index contributed by atoms with van der Waals surface area (Å²) >= 11 is 0. The predicted molar refractivity (Wildman–Crippen MR) is 101 cm³/mol. The number of nitrogens with zero attached hydrogens (tertiary/aromatic N) is 3. The Morgan fingerprint density at radius 1 is 1.08 bits per heavy atom. The van der Waals surface area contributed by atoms with Crippen molar-refractivity contribution in [2.24, 2.45) is 11.0 Å². The number of rotatable bonds is 1. The van der Waals surface area contributed by atoms with Crippen LogP contribution in [0.15, 0.2) is 41.5 Å². The topological polar surface area (TPSA) is 18.8 Å². The van der Waals surface area contributed by atoms with Crippen molar-refractivity contribution in [2.75, 3.05) is 5.01 Å². The Bertz CT molecular complexity index is 860. The highest BCUT2D eigenvalue weighted by Crippen LogP contribution is 2.48. The first-order valence-electron chi connectivity index (χ1n) is 9.20. The number of benzene rings is 2. The predicted octanol–water partition coefficient (Wildman–Crippen LogP) is 4.75. The average Bonchev–Trinajstić information content (AvgIpc) is 3.13. The van der Waals surface area contributed by atoms with Crippen molar-refractivity contribution in [3.8, 4) is 0 Å². The third kappa shape index (κ3) is 2.21. The largest absolute Gasteiger partial charge is 0.319 e. The molecule has 126 valence electrons. The Kier molecular flexibility index (Phi) is 3.21. The van der Waals surface area contributed by atoms with E-state index in [0.717, 1.165) is 12.3 Å². The van der Waals surface area contributed by atoms with Crippen LogP contribution in [0.1, 0.15) is 46.7 Å². The van der Waals surface area contributed by atoms with E-state index in [-0.39, 0.29) is 0 Å². The first kappa shape index (κ1) is 15.0. The van der Waals surface area contributed by atoms with Gasteiger partial charge in [-0.05, 0) is 61.8 Å². The molecule has 1 saturated heterocycles. The van der Waals surface area contributed by atoms with Gasteiger partial charge in [0.25, 0.3) is 0 Å². The zero-order valence-electron chi connectivity index (χ0n) is 15.1. The van der Waals surface area contributed by atoms with Gasteiger partial charge in [0.2, 0.25) is 6.67 Å². The lowest BCUT2D eigenvalue weighted by molar-refractivity contribution is 0.248. The number of hydrogen-bond acceptors (Lipinski definition) is 3. The van der Waals surface area contributed by atoms with Crippen LogP contribution < -0.4 is 5.01 Å². The van der Waals surface area contributed by atoms with Gasteiger partial charge in [0.15, 0.2) is 0 Å². The monoisotopic (exact) mass is 329 g/mol. The number of fused-ring (bicyclic) bond motifs is 5. The smallest absolute Gasteiger partial charge is 0.233 e. The summed E-state index contributed by atoms with van der Waals surface area (Å²) in [5.41, 5.74) is 7.96. The molecule has 2 atom stereocenters. The molecule has 5 rings (SSSR count). The molecule has 2 aromatic rings. The first-order valence-corrected chi connectivity index (χ1v) is 9.20. The highest BCUT2D eigenvalue weighted by Gasteiger charge is 2.45. The van der Waals surface area contributed by atoms with Crippen LogP contribution in [-0.4, -0.2) is 10.7 Å². The van der Waals surface area contributed by atoms with Crippen molar-refractivity contribution < 1.29 is 0 Å². The molecule has 1 aliphatic carbocycles. The summed E-state index contributed by atoms with van der Waals surface area (Å²) in [6.45, 7) is 10.1. The molecule has 0 aromatic heterocycles. The van der Waals surface area contributed by atoms with E-state index in [1.54, 1.807) is 0 Å². The van der Waals surface area contributed by atoms with Gasteiger partial charge in [0.05, 0.1) is 11.7 Å². The van der Waals surface area contributed by atoms with E-state index in [1.165, 1.54) is 46.3 Å². The molecule has 0 saturated carbocycles. The molecule has 3 aliphatic rings. The molecular weight excluding hydrogens is 306 g/mol. The van der Waals surface area contributed by atoms with E-state index in [4.69, 9.17) is 5.10 Å². The highest BCUT2D eigenvalue weighted by molar-refractivity contribution is 5.88. The molecule has 2 aliphatic heterocycles. The molecular formula is C22H23N3. The van der Waals surface area contributed by atoms with Gasteiger partial charge < -0.3 is 4.90 Å². The first-order chi connectivity index (χ1) is 12.1. The highest BCUT2D eigenvalue weighted by atomic mass is 15.6. The second-order valence-corrected chi connectivity index (χ2v) is 7.69. The van der Waals surface area contributed by atoms with Crippen LogP contribution in [-0.2, 0) is 6.42 Å². The molecule has 0 bridgehead atoms. The standard InChI is InChI=1S/C22H23N3/c1-14-10-15(2)21(16(3)11-14)25-13-24-20(23-25)9-8-18-12-17-6-4-5-7-19(17)22(18)24/h4-7,10-11,18,22H,8-9,12H2,1-3H3/t18-,22-/m1/s1. The molecule has 25 heavy (non-hydrogen) atoms. The molecule has 0 amide bonds. The molecule has 0 spiro atoms. The molecule has 3 nitrogen and oxygen atoms in total. The maximum absolute atomic E-state index is 4.93. The normalized spacial score (nSPS) is 24.0. The summed E-state index contributed by atoms with van der Waals surface area (Å²) < 4.78 is 0. The van der Waals surface area contributed by atoms with Crippen LogP contribution in [0.25, 0.3) is 0 Å². The lowest BCUT2D eigenvalue weighted by Crippen LogP contribution is -2.37. The van der Waals surface area contributed by atoms with E-state index in [1.807, 2.05) is 5.01 Å². The summed E-state index contributed by atoms with van der Waals surface area (Å²) in [5.74, 6) is 1.85. The van der Waals surface area contributed by atoms with Crippen LogP contribution in [0, 0.1) is 33.4 Å². The third-order valence-electron chi connectivity index (χ3n) is 5.86. The fourth-order valence-corrected chi connectivity index (χ4v) is 4.93. The third-order valence-corrected chi connectivity index (χ3v) is 5.86. The minimum Gasteiger partial charge on any atom is -0.319 e. The summed E-state index contributed by atoms with van der Waals surface area (Å²) in [5, 5.41) is 6.92. The van der Waals surface area contributed by atoms with Crippen molar-refractivity contribution in [3.63, 3.8) is 0 Å². The van der Waals surface area contributed by atoms with Gasteiger partial charge in [-0.25, -0.2) is 5.01 Å². The van der Waals surface area contributed by atoms with Crippen LogP contribution in [0.5, 0.6) is 0 Å². The molecule has 2 radical (unpaired) electrons. The SMILES string of the molecule is Cc1cc(C)c(N2[C]N3C(=N2)CC[C@@H]2Cc4ccccc4[C@@H]23)c(C)c1. The Morgan fingerprint density at radius 2 is 1.84 bits per heavy atom. The van der Waals surface area contributed by atoms with Crippen molar-refractivity contribution in [2.45, 2.75) is 46.1 Å². The van der Waals surface area contributed by atoms with Crippen LogP contribution >= 0.6 is 0 Å². The summed E-state index contributed by atoms with van der Waals surface area (Å²) in [7, 11) is 0. The fraction of sp³-hybridized carbons (Fsp3) is 0.364. The van der Waals surface area contributed by atoms with Gasteiger partial charge >= 0.3 is 0 Å². The van der Waals surface area contributed by atoms with Gasteiger partial charge in [-0.3, -0.25) is 0 Å². The van der Waals surface area contributed by atoms with E-state index in [9.17, 15) is 0 Å². The summed E-state index contributed by atoms with van der Waals surface area (Å²) in [6, 6.07) is 13.8. The fourth-order valence-electron chi connectivity index (χ4n) is 4.93. The van der Waals surface area contributed by atoms with E-state index >= 15 is 0 Å². The van der Waals surface area contributed by atoms with Crippen LogP contribution in [0.4, 0.5) is 5.69 Å².